The molecule has 1 N–H and O–H groups in total. The largest absolute Gasteiger partial charge is 0.444 e. The summed E-state index contributed by atoms with van der Waals surface area (Å²) in [6.07, 6.45) is 4.53. The third kappa shape index (κ3) is 5.33. The summed E-state index contributed by atoms with van der Waals surface area (Å²) >= 11 is 1.36. The molecule has 7 nitrogen and oxygen atoms in total. The zero-order chi connectivity index (χ0) is 21.0. The highest BCUT2D eigenvalue weighted by atomic mass is 32.1. The quantitative estimate of drug-likeness (QED) is 0.822. The maximum absolute atomic E-state index is 12.4. The Morgan fingerprint density at radius 1 is 1.41 bits per heavy atom. The number of hydrogen-bond donors (Lipinski definition) is 1. The molecule has 3 rings (SSSR count). The maximum atomic E-state index is 12.4. The highest BCUT2D eigenvalue weighted by Gasteiger charge is 2.30. The van der Waals surface area contributed by atoms with E-state index in [-0.39, 0.29) is 12.0 Å². The molecule has 0 aromatic carbocycles. The van der Waals surface area contributed by atoms with Crippen LogP contribution < -0.4 is 5.32 Å². The van der Waals surface area contributed by atoms with Gasteiger partial charge in [-0.25, -0.2) is 4.79 Å². The summed E-state index contributed by atoms with van der Waals surface area (Å²) in [5, 5.41) is 13.0. The summed E-state index contributed by atoms with van der Waals surface area (Å²) in [5.74, 6) is -0.145. The van der Waals surface area contributed by atoms with Crippen LogP contribution in [0, 0.1) is 11.3 Å². The van der Waals surface area contributed by atoms with Crippen LogP contribution in [0.3, 0.4) is 0 Å². The molecule has 8 heteroatoms. The number of amides is 2. The van der Waals surface area contributed by atoms with E-state index in [9.17, 15) is 14.9 Å². The Morgan fingerprint density at radius 2 is 2.21 bits per heavy atom. The van der Waals surface area contributed by atoms with Crippen molar-refractivity contribution in [1.29, 1.82) is 5.26 Å². The molecular formula is C21H24N4O3S. The van der Waals surface area contributed by atoms with Crippen molar-refractivity contribution in [2.75, 3.05) is 11.9 Å². The third-order valence-electron chi connectivity index (χ3n) is 4.44. The lowest BCUT2D eigenvalue weighted by Crippen LogP contribution is -2.39. The van der Waals surface area contributed by atoms with Crippen LogP contribution in [0.1, 0.15) is 48.8 Å². The van der Waals surface area contributed by atoms with E-state index in [0.717, 1.165) is 16.0 Å². The smallest absolute Gasteiger partial charge is 0.410 e. The first-order chi connectivity index (χ1) is 13.8. The summed E-state index contributed by atoms with van der Waals surface area (Å²) in [5.41, 5.74) is 1.85. The lowest BCUT2D eigenvalue weighted by atomic mass is 10.0. The minimum atomic E-state index is -0.558. The number of hydrogen-bond acceptors (Lipinski definition) is 6. The van der Waals surface area contributed by atoms with Crippen LogP contribution >= 0.6 is 11.3 Å². The molecule has 0 spiro atoms. The fourth-order valence-corrected chi connectivity index (χ4v) is 4.32. The molecule has 2 amide bonds. The summed E-state index contributed by atoms with van der Waals surface area (Å²) < 4.78 is 5.45. The number of ether oxygens (including phenoxy) is 1. The van der Waals surface area contributed by atoms with Gasteiger partial charge in [-0.15, -0.1) is 11.3 Å². The van der Waals surface area contributed by atoms with Gasteiger partial charge in [0.2, 0.25) is 5.91 Å². The molecule has 2 aromatic heterocycles. The lowest BCUT2D eigenvalue weighted by Gasteiger charge is -2.29. The van der Waals surface area contributed by atoms with Crippen molar-refractivity contribution < 1.29 is 14.3 Å². The number of anilines is 1. The topological polar surface area (TPSA) is 95.3 Å². The van der Waals surface area contributed by atoms with E-state index in [0.29, 0.717) is 42.9 Å². The summed E-state index contributed by atoms with van der Waals surface area (Å²) in [4.78, 5) is 31.3. The number of thiophene rings is 1. The number of aromatic nitrogens is 1. The Labute approximate surface area is 174 Å². The Hall–Kier alpha value is -2.92. The van der Waals surface area contributed by atoms with E-state index in [2.05, 4.69) is 16.4 Å². The zero-order valence-electron chi connectivity index (χ0n) is 16.8. The van der Waals surface area contributed by atoms with Crippen LogP contribution in [0.5, 0.6) is 0 Å². The van der Waals surface area contributed by atoms with Crippen molar-refractivity contribution in [3.63, 3.8) is 0 Å². The second kappa shape index (κ2) is 8.62. The predicted molar refractivity (Wildman–Crippen MR) is 111 cm³/mol. The predicted octanol–water partition coefficient (Wildman–Crippen LogP) is 3.88. The first-order valence-electron chi connectivity index (χ1n) is 9.48. The van der Waals surface area contributed by atoms with Crippen molar-refractivity contribution in [1.82, 2.24) is 9.88 Å². The number of nitriles is 1. The number of nitrogens with zero attached hydrogens (tertiary/aromatic N) is 3. The molecule has 1 aliphatic heterocycles. The first-order valence-corrected chi connectivity index (χ1v) is 10.3. The van der Waals surface area contributed by atoms with Crippen LogP contribution in [0.4, 0.5) is 9.80 Å². The standard InChI is InChI=1S/C21H24N4O3S/c1-21(2,3)28-20(27)25-10-8-15-16(11-22)19(29-17(15)13-25)24-18(26)7-6-14-5-4-9-23-12-14/h4-5,9,12H,6-8,10,13H2,1-3H3,(H,24,26). The van der Waals surface area contributed by atoms with Crippen LogP contribution in [0.2, 0.25) is 0 Å². The van der Waals surface area contributed by atoms with Gasteiger partial charge >= 0.3 is 6.09 Å². The van der Waals surface area contributed by atoms with Gasteiger partial charge < -0.3 is 15.0 Å². The SMILES string of the molecule is CC(C)(C)OC(=O)N1CCc2c(sc(NC(=O)CCc3cccnc3)c2C#N)C1. The highest BCUT2D eigenvalue weighted by Crippen LogP contribution is 2.37. The molecule has 29 heavy (non-hydrogen) atoms. The Bertz CT molecular complexity index is 941. The molecule has 152 valence electrons. The van der Waals surface area contributed by atoms with Crippen LogP contribution in [-0.4, -0.2) is 34.0 Å². The van der Waals surface area contributed by atoms with E-state index in [1.165, 1.54) is 11.3 Å². The van der Waals surface area contributed by atoms with Gasteiger partial charge in [0, 0.05) is 30.2 Å². The number of carbonyl (C=O) groups excluding carboxylic acids is 2. The Balaban J connectivity index is 1.67. The fourth-order valence-electron chi connectivity index (χ4n) is 3.09. The molecule has 2 aromatic rings. The number of nitrogens with one attached hydrogen (secondary N) is 1. The number of fused-ring (bicyclic) bond motifs is 1. The molecule has 0 unspecified atom stereocenters. The monoisotopic (exact) mass is 412 g/mol. The molecule has 0 atom stereocenters. The van der Waals surface area contributed by atoms with Gasteiger partial charge in [-0.3, -0.25) is 9.78 Å². The molecule has 0 radical (unpaired) electrons. The van der Waals surface area contributed by atoms with Crippen molar-refractivity contribution in [2.24, 2.45) is 0 Å². The number of pyridine rings is 1. The highest BCUT2D eigenvalue weighted by molar-refractivity contribution is 7.16. The summed E-state index contributed by atoms with van der Waals surface area (Å²) in [6, 6.07) is 5.98. The van der Waals surface area contributed by atoms with Crippen LogP contribution in [0.15, 0.2) is 24.5 Å². The Morgan fingerprint density at radius 3 is 2.86 bits per heavy atom. The molecule has 0 bridgehead atoms. The van der Waals surface area contributed by atoms with E-state index >= 15 is 0 Å². The molecule has 0 aliphatic carbocycles. The van der Waals surface area contributed by atoms with Gasteiger partial charge in [0.05, 0.1) is 12.1 Å². The van der Waals surface area contributed by atoms with E-state index < -0.39 is 5.60 Å². The van der Waals surface area contributed by atoms with Crippen molar-refractivity contribution in [2.45, 2.75) is 52.2 Å². The second-order valence-electron chi connectivity index (χ2n) is 7.88. The fraction of sp³-hybridized carbons (Fsp3) is 0.429. The van der Waals surface area contributed by atoms with Crippen LogP contribution in [0.25, 0.3) is 0 Å². The van der Waals surface area contributed by atoms with Crippen molar-refractivity contribution >= 4 is 28.3 Å². The zero-order valence-corrected chi connectivity index (χ0v) is 17.6. The number of aryl methyl sites for hydroxylation is 1. The van der Waals surface area contributed by atoms with Gasteiger partial charge in [-0.2, -0.15) is 5.26 Å². The molecule has 0 saturated carbocycles. The molecule has 0 fully saturated rings. The van der Waals surface area contributed by atoms with Gasteiger partial charge in [-0.1, -0.05) is 6.07 Å². The maximum Gasteiger partial charge on any atom is 0.410 e. The van der Waals surface area contributed by atoms with E-state index in [4.69, 9.17) is 4.74 Å². The van der Waals surface area contributed by atoms with Crippen molar-refractivity contribution in [3.05, 3.63) is 46.1 Å². The van der Waals surface area contributed by atoms with Gasteiger partial charge in [-0.05, 0) is 50.8 Å². The Kier molecular flexibility index (Phi) is 6.18. The van der Waals surface area contributed by atoms with Gasteiger partial charge in [0.25, 0.3) is 0 Å². The van der Waals surface area contributed by atoms with Gasteiger partial charge in [0.15, 0.2) is 0 Å². The van der Waals surface area contributed by atoms with Gasteiger partial charge in [0.1, 0.15) is 16.7 Å². The average Bonchev–Trinajstić information content (AvgIpc) is 3.01. The van der Waals surface area contributed by atoms with Crippen molar-refractivity contribution in [3.8, 4) is 6.07 Å². The minimum absolute atomic E-state index is 0.145. The van der Waals surface area contributed by atoms with E-state index in [1.54, 1.807) is 17.3 Å². The van der Waals surface area contributed by atoms with E-state index in [1.807, 2.05) is 32.9 Å². The summed E-state index contributed by atoms with van der Waals surface area (Å²) in [7, 11) is 0. The normalized spacial score (nSPS) is 13.4. The lowest BCUT2D eigenvalue weighted by molar-refractivity contribution is -0.116. The average molecular weight is 413 g/mol. The molecule has 1 aliphatic rings. The minimum Gasteiger partial charge on any atom is -0.444 e. The summed E-state index contributed by atoms with van der Waals surface area (Å²) in [6.45, 7) is 6.37. The first kappa shape index (κ1) is 20.8. The molecular weight excluding hydrogens is 388 g/mol. The number of carbonyl (C=O) groups is 2. The van der Waals surface area contributed by atoms with Crippen LogP contribution in [-0.2, 0) is 28.9 Å². The second-order valence-corrected chi connectivity index (χ2v) is 8.99. The third-order valence-corrected chi connectivity index (χ3v) is 5.57. The number of rotatable bonds is 4. The molecule has 3 heterocycles. The molecule has 0 saturated heterocycles.